The van der Waals surface area contributed by atoms with Crippen molar-refractivity contribution in [3.8, 4) is 0 Å². The van der Waals surface area contributed by atoms with Crippen molar-refractivity contribution in [1.29, 1.82) is 0 Å². The summed E-state index contributed by atoms with van der Waals surface area (Å²) in [7, 11) is 0. The highest BCUT2D eigenvalue weighted by Gasteiger charge is 2.30. The molecule has 242 valence electrons. The first kappa shape index (κ1) is 50.7. The maximum absolute atomic E-state index is 12.2. The molecule has 4 heteroatoms. The number of carbonyl (C=O) groups excluding carboxylic acids is 2. The minimum absolute atomic E-state index is 0. The van der Waals surface area contributed by atoms with E-state index in [9.17, 15) is 9.59 Å². The predicted molar refractivity (Wildman–Crippen MR) is 177 cm³/mol. The zero-order valence-electron chi connectivity index (χ0n) is 26.1. The normalized spacial score (nSPS) is 12.1. The van der Waals surface area contributed by atoms with Gasteiger partial charge < -0.3 is 9.47 Å². The van der Waals surface area contributed by atoms with Crippen LogP contribution < -0.4 is 0 Å². The van der Waals surface area contributed by atoms with E-state index in [-0.39, 0.29) is 58.6 Å². The highest BCUT2D eigenvalue weighted by Crippen LogP contribution is 2.27. The van der Waals surface area contributed by atoms with Gasteiger partial charge in [-0.1, -0.05) is 98.9 Å². The van der Waals surface area contributed by atoms with Gasteiger partial charge in [-0.3, -0.25) is 9.59 Å². The molecule has 0 fully saturated rings. The Kier molecular flexibility index (Phi) is 30.7. The first-order valence-corrected chi connectivity index (χ1v) is 14.2. The molecule has 0 amide bonds. The summed E-state index contributed by atoms with van der Waals surface area (Å²) in [5, 5.41) is 0. The van der Waals surface area contributed by atoms with Crippen LogP contribution in [0, 0.1) is 34.0 Å². The van der Waals surface area contributed by atoms with Crippen molar-refractivity contribution < 1.29 is 19.1 Å². The lowest BCUT2D eigenvalue weighted by molar-refractivity contribution is -0.161. The van der Waals surface area contributed by atoms with E-state index in [4.69, 9.17) is 9.47 Å². The molecule has 0 aromatic carbocycles. The minimum atomic E-state index is -0.353. The van der Waals surface area contributed by atoms with Gasteiger partial charge in [0.25, 0.3) is 0 Å². The smallest absolute Gasteiger partial charge is 0.311 e. The molecule has 0 spiro atoms. The fourth-order valence-corrected chi connectivity index (χ4v) is 3.42. The van der Waals surface area contributed by atoms with Crippen molar-refractivity contribution in [3.05, 3.63) is 0 Å². The van der Waals surface area contributed by atoms with Gasteiger partial charge in [0.15, 0.2) is 0 Å². The van der Waals surface area contributed by atoms with Gasteiger partial charge in [0, 0.05) is 0 Å². The van der Waals surface area contributed by atoms with Crippen LogP contribution >= 0.6 is 0 Å². The molecule has 0 radical (unpaired) electrons. The third-order valence-electron chi connectivity index (χ3n) is 6.74. The van der Waals surface area contributed by atoms with Crippen molar-refractivity contribution >= 4 is 11.9 Å². The van der Waals surface area contributed by atoms with E-state index in [0.29, 0.717) is 29.8 Å². The van der Waals surface area contributed by atoms with E-state index in [1.807, 2.05) is 41.5 Å². The Bertz CT molecular complexity index is 570. The molecule has 39 heavy (non-hydrogen) atoms. The van der Waals surface area contributed by atoms with Crippen LogP contribution in [0.5, 0.6) is 0 Å². The summed E-state index contributed by atoms with van der Waals surface area (Å²) >= 11 is 0. The van der Waals surface area contributed by atoms with Gasteiger partial charge in [0.2, 0.25) is 0 Å². The van der Waals surface area contributed by atoms with Crippen LogP contribution in [0.4, 0.5) is 0 Å². The van der Waals surface area contributed by atoms with Gasteiger partial charge in [0.1, 0.15) is 6.10 Å². The van der Waals surface area contributed by atoms with Crippen molar-refractivity contribution in [2.45, 2.75) is 178 Å². The van der Waals surface area contributed by atoms with Crippen LogP contribution in [0.15, 0.2) is 0 Å². The lowest BCUT2D eigenvalue weighted by Crippen LogP contribution is -2.30. The molecule has 0 bridgehead atoms. The molecule has 0 aromatic heterocycles. The number of esters is 2. The quantitative estimate of drug-likeness (QED) is 0.197. The highest BCUT2D eigenvalue weighted by atomic mass is 16.5. The summed E-state index contributed by atoms with van der Waals surface area (Å²) in [4.78, 5) is 23.9. The van der Waals surface area contributed by atoms with Crippen LogP contribution in [0.3, 0.4) is 0 Å². The van der Waals surface area contributed by atoms with Crippen molar-refractivity contribution in [3.63, 3.8) is 0 Å². The van der Waals surface area contributed by atoms with Crippen molar-refractivity contribution in [1.82, 2.24) is 0 Å². The molecule has 0 aliphatic rings. The molecule has 1 atom stereocenters. The van der Waals surface area contributed by atoms with E-state index in [0.717, 1.165) is 44.9 Å². The van der Waals surface area contributed by atoms with Crippen LogP contribution in [0.1, 0.15) is 172 Å². The summed E-state index contributed by atoms with van der Waals surface area (Å²) in [5.41, 5.74) is -0.401. The zero-order valence-corrected chi connectivity index (χ0v) is 26.1. The summed E-state index contributed by atoms with van der Waals surface area (Å²) in [6, 6.07) is 0. The van der Waals surface area contributed by atoms with Gasteiger partial charge in [-0.2, -0.15) is 0 Å². The molecular formula is C35H78O4. The SMILES string of the molecule is C.C.C.C.CCC(C)(C)C(=O)OC(CCC(C)C)CCC(C)C.CCC(C)(C)C(=O)OCC(C)CC(C)(C)C. The van der Waals surface area contributed by atoms with Crippen LogP contribution in [-0.4, -0.2) is 24.6 Å². The molecule has 4 nitrogen and oxygen atoms in total. The Labute approximate surface area is 249 Å². The van der Waals surface area contributed by atoms with Crippen molar-refractivity contribution in [2.24, 2.45) is 34.0 Å². The minimum Gasteiger partial charge on any atom is -0.465 e. The standard InChI is InChI=1S/C17H34O2.C14H28O2.4CH4/c1-8-17(6,7)16(18)19-15(11-9-13(2)3)12-10-14(4)5;1-8-14(6,7)12(15)16-10-11(2)9-13(3,4)5;;;;/h13-15H,8-12H2,1-7H3;11H,8-10H2,1-7H3;4*1H4. The fraction of sp³-hybridized carbons (Fsp3) is 0.943. The molecule has 0 saturated heterocycles. The highest BCUT2D eigenvalue weighted by molar-refractivity contribution is 5.76. The Morgan fingerprint density at radius 2 is 0.974 bits per heavy atom. The monoisotopic (exact) mass is 563 g/mol. The van der Waals surface area contributed by atoms with E-state index < -0.39 is 0 Å². The van der Waals surface area contributed by atoms with Crippen LogP contribution in [0.2, 0.25) is 0 Å². The van der Waals surface area contributed by atoms with Gasteiger partial charge >= 0.3 is 11.9 Å². The van der Waals surface area contributed by atoms with Gasteiger partial charge in [-0.25, -0.2) is 0 Å². The molecular weight excluding hydrogens is 484 g/mol. The average molecular weight is 563 g/mol. The van der Waals surface area contributed by atoms with E-state index >= 15 is 0 Å². The summed E-state index contributed by atoms with van der Waals surface area (Å²) < 4.78 is 11.1. The lowest BCUT2D eigenvalue weighted by atomic mass is 9.86. The zero-order chi connectivity index (χ0) is 28.0. The molecule has 0 aromatic rings. The molecule has 0 saturated carbocycles. The largest absolute Gasteiger partial charge is 0.465 e. The van der Waals surface area contributed by atoms with Gasteiger partial charge in [-0.05, 0) is 95.8 Å². The lowest BCUT2D eigenvalue weighted by Gasteiger charge is -2.26. The maximum Gasteiger partial charge on any atom is 0.311 e. The molecule has 1 unspecified atom stereocenters. The Balaban J connectivity index is -0.000000128. The summed E-state index contributed by atoms with van der Waals surface area (Å²) in [6.07, 6.45) is 7.07. The number of rotatable bonds is 14. The topological polar surface area (TPSA) is 52.6 Å². The van der Waals surface area contributed by atoms with E-state index in [1.54, 1.807) is 0 Å². The number of ether oxygens (including phenoxy) is 2. The van der Waals surface area contributed by atoms with E-state index in [1.165, 1.54) is 0 Å². The first-order valence-electron chi connectivity index (χ1n) is 14.2. The molecule has 0 heterocycles. The van der Waals surface area contributed by atoms with Gasteiger partial charge in [0.05, 0.1) is 17.4 Å². The Hall–Kier alpha value is -1.06. The summed E-state index contributed by atoms with van der Waals surface area (Å²) in [6.45, 7) is 30.0. The van der Waals surface area contributed by atoms with Gasteiger partial charge in [-0.15, -0.1) is 0 Å². The second-order valence-electron chi connectivity index (χ2n) is 13.9. The number of hydrogen-bond donors (Lipinski definition) is 0. The third kappa shape index (κ3) is 26.9. The maximum atomic E-state index is 12.2. The summed E-state index contributed by atoms with van der Waals surface area (Å²) in [5.74, 6) is 1.65. The second kappa shape index (κ2) is 23.6. The predicted octanol–water partition coefficient (Wildman–Crippen LogP) is 11.8. The van der Waals surface area contributed by atoms with Crippen LogP contribution in [0.25, 0.3) is 0 Å². The molecule has 0 rings (SSSR count). The molecule has 0 aliphatic heterocycles. The molecule has 0 N–H and O–H groups in total. The average Bonchev–Trinajstić information content (AvgIpc) is 2.72. The second-order valence-corrected chi connectivity index (χ2v) is 13.9. The number of carbonyl (C=O) groups is 2. The fourth-order valence-electron chi connectivity index (χ4n) is 3.42. The Morgan fingerprint density at radius 1 is 0.615 bits per heavy atom. The Morgan fingerprint density at radius 3 is 1.28 bits per heavy atom. The van der Waals surface area contributed by atoms with Crippen molar-refractivity contribution in [2.75, 3.05) is 6.61 Å². The van der Waals surface area contributed by atoms with Crippen LogP contribution in [-0.2, 0) is 19.1 Å². The number of hydrogen-bond acceptors (Lipinski definition) is 4. The molecule has 0 aliphatic carbocycles. The first-order chi connectivity index (χ1) is 15.8. The van der Waals surface area contributed by atoms with E-state index in [2.05, 4.69) is 55.4 Å². The third-order valence-corrected chi connectivity index (χ3v) is 6.74.